The molecule has 0 bridgehead atoms. The molecule has 6 nitrogen and oxygen atoms in total. The number of fused-ring (bicyclic) bond motifs is 7. The third-order valence-electron chi connectivity index (χ3n) is 11.1. The second-order valence-corrected chi connectivity index (χ2v) is 15.7. The minimum atomic E-state index is -0.0632. The van der Waals surface area contributed by atoms with Gasteiger partial charge in [0.05, 0.1) is 27.8 Å². The van der Waals surface area contributed by atoms with Crippen LogP contribution in [0.25, 0.3) is 77.5 Å². The van der Waals surface area contributed by atoms with E-state index in [1.165, 1.54) is 27.4 Å². The number of rotatable bonds is 6. The Morgan fingerprint density at radius 3 is 1.98 bits per heavy atom. The fraction of sp³-hybridized carbons (Fsp3) is 0.0769. The van der Waals surface area contributed by atoms with Crippen molar-refractivity contribution in [1.82, 2.24) is 18.7 Å². The first-order valence-corrected chi connectivity index (χ1v) is 19.6. The minimum absolute atomic E-state index is 0. The van der Waals surface area contributed by atoms with E-state index in [1.807, 2.05) is 59.3 Å². The van der Waals surface area contributed by atoms with Crippen LogP contribution in [0.2, 0.25) is 0 Å². The number of nitrogens with zero attached hydrogens (tertiary/aromatic N) is 5. The molecule has 4 heterocycles. The predicted octanol–water partition coefficient (Wildman–Crippen LogP) is 12.0. The van der Waals surface area contributed by atoms with Crippen LogP contribution in [0.15, 0.2) is 170 Å². The summed E-state index contributed by atoms with van der Waals surface area (Å²) >= 11 is 0. The van der Waals surface area contributed by atoms with Crippen LogP contribution < -0.4 is 9.30 Å². The minimum Gasteiger partial charge on any atom is -0.510 e. The summed E-state index contributed by atoms with van der Waals surface area (Å²) in [6.07, 6.45) is 5.47. The second-order valence-electron chi connectivity index (χ2n) is 15.7. The number of benzene rings is 7. The van der Waals surface area contributed by atoms with Crippen LogP contribution in [0.1, 0.15) is 26.3 Å². The first-order chi connectivity index (χ1) is 28.4. The van der Waals surface area contributed by atoms with Crippen molar-refractivity contribution < 1.29 is 30.4 Å². The molecule has 0 aliphatic rings. The zero-order valence-corrected chi connectivity index (χ0v) is 34.9. The van der Waals surface area contributed by atoms with Crippen LogP contribution in [0.4, 0.5) is 0 Å². The summed E-state index contributed by atoms with van der Waals surface area (Å²) < 4.78 is 15.3. The van der Waals surface area contributed by atoms with Gasteiger partial charge in [-0.3, -0.25) is 4.57 Å². The Morgan fingerprint density at radius 1 is 0.559 bits per heavy atom. The topological polar surface area (TPSA) is 40.8 Å². The number of pyridine rings is 1. The van der Waals surface area contributed by atoms with Gasteiger partial charge in [0.2, 0.25) is 0 Å². The van der Waals surface area contributed by atoms with Crippen LogP contribution >= 0.6 is 0 Å². The summed E-state index contributed by atoms with van der Waals surface area (Å²) in [5, 5.41) is 4.64. The Hall–Kier alpha value is -6.75. The van der Waals surface area contributed by atoms with E-state index in [4.69, 9.17) is 9.72 Å². The van der Waals surface area contributed by atoms with Gasteiger partial charge in [-0.25, -0.2) is 4.98 Å². The second kappa shape index (κ2) is 14.3. The molecule has 11 aromatic rings. The van der Waals surface area contributed by atoms with Crippen molar-refractivity contribution >= 4 is 54.6 Å². The van der Waals surface area contributed by atoms with Gasteiger partial charge in [0.15, 0.2) is 0 Å². The molecule has 7 aromatic carbocycles. The average molecular weight is 943 g/mol. The number of aromatic nitrogens is 5. The van der Waals surface area contributed by atoms with E-state index in [-0.39, 0.29) is 26.5 Å². The fourth-order valence-corrected chi connectivity index (χ4v) is 8.31. The standard InChI is InChI=1S/C52H37N5O.Pt/c1-52(2,3)35-28-29-53-51(30-35)57-49-32-38(56-45-20-9-7-18-41(45)42-19-8-10-21-46(42)56)24-26-43(49)44-27-25-40(33-50(44)57)58-39-17-13-16-37(31-39)55-34-54(36-14-5-4-6-15-36)47-22-11-12-23-48(47)55;/h4-30,32H,1-3H3;/q-2;. The largest absolute Gasteiger partial charge is 0.510 e. The molecule has 0 spiro atoms. The molecule has 11 rings (SSSR count). The molecular weight excluding hydrogens is 906 g/mol. The van der Waals surface area contributed by atoms with E-state index in [9.17, 15) is 0 Å². The van der Waals surface area contributed by atoms with Crippen molar-refractivity contribution in [1.29, 1.82) is 0 Å². The van der Waals surface area contributed by atoms with Gasteiger partial charge in [-0.2, -0.15) is 18.2 Å². The molecule has 0 aliphatic carbocycles. The Bertz CT molecular complexity index is 3320. The van der Waals surface area contributed by atoms with Crippen LogP contribution in [0, 0.1) is 18.5 Å². The average Bonchev–Trinajstić information content (AvgIpc) is 3.91. The maximum atomic E-state index is 6.61. The van der Waals surface area contributed by atoms with E-state index in [2.05, 4.69) is 168 Å². The number of ether oxygens (including phenoxy) is 1. The van der Waals surface area contributed by atoms with Crippen molar-refractivity contribution in [2.24, 2.45) is 0 Å². The van der Waals surface area contributed by atoms with Gasteiger partial charge in [-0.15, -0.1) is 29.7 Å². The van der Waals surface area contributed by atoms with E-state index in [0.717, 1.165) is 55.7 Å². The third kappa shape index (κ3) is 6.14. The van der Waals surface area contributed by atoms with Crippen molar-refractivity contribution in [3.8, 4) is 34.4 Å². The summed E-state index contributed by atoms with van der Waals surface area (Å²) in [7, 11) is 0. The van der Waals surface area contributed by atoms with Gasteiger partial charge in [-0.05, 0) is 70.6 Å². The van der Waals surface area contributed by atoms with Crippen molar-refractivity contribution in [2.75, 3.05) is 0 Å². The van der Waals surface area contributed by atoms with Crippen molar-refractivity contribution in [3.05, 3.63) is 194 Å². The van der Waals surface area contributed by atoms with E-state index < -0.39 is 0 Å². The van der Waals surface area contributed by atoms with E-state index >= 15 is 0 Å². The molecule has 0 N–H and O–H groups in total. The van der Waals surface area contributed by atoms with Crippen molar-refractivity contribution in [3.63, 3.8) is 0 Å². The summed E-state index contributed by atoms with van der Waals surface area (Å²) in [6, 6.07) is 64.1. The Kier molecular flexibility index (Phi) is 8.84. The number of para-hydroxylation sites is 5. The molecule has 7 heteroatoms. The molecule has 0 amide bonds. The molecule has 0 saturated carbocycles. The number of hydrogen-bond acceptors (Lipinski definition) is 2. The third-order valence-corrected chi connectivity index (χ3v) is 11.1. The molecule has 0 radical (unpaired) electrons. The molecule has 0 atom stereocenters. The molecule has 59 heavy (non-hydrogen) atoms. The molecule has 0 aliphatic heterocycles. The summed E-state index contributed by atoms with van der Waals surface area (Å²) in [4.78, 5) is 4.98. The quantitative estimate of drug-likeness (QED) is 0.123. The first-order valence-electron chi connectivity index (χ1n) is 19.6. The zero-order valence-electron chi connectivity index (χ0n) is 32.6. The number of imidazole rings is 1. The Morgan fingerprint density at radius 2 is 1.22 bits per heavy atom. The maximum Gasteiger partial charge on any atom is 0.268 e. The zero-order chi connectivity index (χ0) is 39.0. The maximum absolute atomic E-state index is 6.61. The monoisotopic (exact) mass is 942 g/mol. The SMILES string of the molecule is CC(C)(C)c1ccnc(-n2c3[c-]c(Oc4[c-]c(-n5[c-][n+](-c6ccccc6)c6ccccc65)ccc4)ccc3c3ccc(-n4c5ccccc5c5ccccc54)cc32)c1.[Pt]. The summed E-state index contributed by atoms with van der Waals surface area (Å²) in [5.41, 5.74) is 10.4. The Balaban J connectivity index is 0.00000420. The van der Waals surface area contributed by atoms with E-state index in [0.29, 0.717) is 11.5 Å². The van der Waals surface area contributed by atoms with Crippen LogP contribution in [-0.4, -0.2) is 18.7 Å². The smallest absolute Gasteiger partial charge is 0.268 e. The molecule has 288 valence electrons. The fourth-order valence-electron chi connectivity index (χ4n) is 8.31. The van der Waals surface area contributed by atoms with Gasteiger partial charge >= 0.3 is 0 Å². The normalized spacial score (nSPS) is 11.8. The van der Waals surface area contributed by atoms with Crippen LogP contribution in [-0.2, 0) is 26.5 Å². The van der Waals surface area contributed by atoms with Gasteiger partial charge in [0.25, 0.3) is 6.33 Å². The molecule has 4 aromatic heterocycles. The van der Waals surface area contributed by atoms with Crippen molar-refractivity contribution in [2.45, 2.75) is 26.2 Å². The van der Waals surface area contributed by atoms with Gasteiger partial charge < -0.3 is 18.4 Å². The molecule has 0 fully saturated rings. The van der Waals surface area contributed by atoms with Crippen LogP contribution in [0.3, 0.4) is 0 Å². The summed E-state index contributed by atoms with van der Waals surface area (Å²) in [6.45, 7) is 6.70. The first kappa shape index (κ1) is 36.6. The van der Waals surface area contributed by atoms with Gasteiger partial charge in [0.1, 0.15) is 5.82 Å². The molecule has 0 unspecified atom stereocenters. The van der Waals surface area contributed by atoms with Crippen LogP contribution in [0.5, 0.6) is 11.5 Å². The van der Waals surface area contributed by atoms with Gasteiger partial charge in [-0.1, -0.05) is 111 Å². The molecule has 0 saturated heterocycles. The Labute approximate surface area is 356 Å². The van der Waals surface area contributed by atoms with Gasteiger partial charge in [0, 0.05) is 60.7 Å². The molecular formula is C52H37N5OPt-2. The van der Waals surface area contributed by atoms with E-state index in [1.54, 1.807) is 0 Å². The summed E-state index contributed by atoms with van der Waals surface area (Å²) in [5.74, 6) is 1.99. The number of hydrogen-bond donors (Lipinski definition) is 0. The predicted molar refractivity (Wildman–Crippen MR) is 233 cm³/mol.